The number of amides is 1. The largest absolute Gasteiger partial charge is 0.286 e. The zero-order valence-corrected chi connectivity index (χ0v) is 8.22. The van der Waals surface area contributed by atoms with Crippen LogP contribution in [0.2, 0.25) is 0 Å². The van der Waals surface area contributed by atoms with Crippen LogP contribution in [0.3, 0.4) is 0 Å². The molecule has 0 radical (unpaired) electrons. The molecule has 0 aromatic carbocycles. The van der Waals surface area contributed by atoms with E-state index in [1.807, 2.05) is 4.90 Å². The van der Waals surface area contributed by atoms with E-state index in [1.165, 1.54) is 19.3 Å². The van der Waals surface area contributed by atoms with Gasteiger partial charge in [0.2, 0.25) is 5.91 Å². The first-order chi connectivity index (χ1) is 6.36. The summed E-state index contributed by atoms with van der Waals surface area (Å²) >= 11 is 1.61. The van der Waals surface area contributed by atoms with Crippen molar-refractivity contribution >= 4 is 22.8 Å². The van der Waals surface area contributed by atoms with Gasteiger partial charge < -0.3 is 0 Å². The number of nitrogens with zero attached hydrogens (tertiary/aromatic N) is 2. The minimum atomic E-state index is 0.276. The van der Waals surface area contributed by atoms with Crippen LogP contribution in [0.4, 0.5) is 0 Å². The van der Waals surface area contributed by atoms with Crippen LogP contribution in [-0.2, 0) is 4.79 Å². The number of amidine groups is 1. The summed E-state index contributed by atoms with van der Waals surface area (Å²) in [5, 5.41) is 1.00. The smallest absolute Gasteiger partial charge is 0.239 e. The zero-order valence-electron chi connectivity index (χ0n) is 7.40. The van der Waals surface area contributed by atoms with Crippen molar-refractivity contribution in [1.29, 1.82) is 0 Å². The second kappa shape index (κ2) is 2.74. The minimum absolute atomic E-state index is 0.276. The molecule has 0 N–H and O–H groups in total. The van der Waals surface area contributed by atoms with E-state index in [9.17, 15) is 4.79 Å². The summed E-state index contributed by atoms with van der Waals surface area (Å²) in [6, 6.07) is 0.853. The Morgan fingerprint density at radius 2 is 2.23 bits per heavy atom. The van der Waals surface area contributed by atoms with E-state index in [2.05, 4.69) is 4.99 Å². The van der Waals surface area contributed by atoms with Crippen molar-refractivity contribution in [3.05, 3.63) is 0 Å². The molecule has 0 spiro atoms. The lowest BCUT2D eigenvalue weighted by Gasteiger charge is -2.28. The fraction of sp³-hybridized carbons (Fsp3) is 0.778. The van der Waals surface area contributed by atoms with Crippen molar-refractivity contribution in [2.75, 3.05) is 5.75 Å². The van der Waals surface area contributed by atoms with Crippen LogP contribution in [-0.4, -0.2) is 33.8 Å². The summed E-state index contributed by atoms with van der Waals surface area (Å²) in [6.45, 7) is 0. The van der Waals surface area contributed by atoms with Crippen LogP contribution >= 0.6 is 11.8 Å². The summed E-state index contributed by atoms with van der Waals surface area (Å²) in [5.74, 6) is 0.889. The highest BCUT2D eigenvalue weighted by atomic mass is 32.2. The molecule has 0 aromatic rings. The lowest BCUT2D eigenvalue weighted by atomic mass is 9.91. The molecule has 0 aromatic heterocycles. The van der Waals surface area contributed by atoms with Crippen LogP contribution < -0.4 is 0 Å². The first-order valence-electron chi connectivity index (χ1n) is 4.89. The van der Waals surface area contributed by atoms with E-state index in [0.717, 1.165) is 11.6 Å². The van der Waals surface area contributed by atoms with Gasteiger partial charge in [-0.3, -0.25) is 14.7 Å². The van der Waals surface area contributed by atoms with Gasteiger partial charge in [0, 0.05) is 0 Å². The van der Waals surface area contributed by atoms with E-state index in [0.29, 0.717) is 17.8 Å². The molecule has 1 saturated carbocycles. The molecule has 2 unspecified atom stereocenters. The Kier molecular flexibility index (Phi) is 1.65. The highest BCUT2D eigenvalue weighted by molar-refractivity contribution is 8.15. The van der Waals surface area contributed by atoms with Crippen molar-refractivity contribution in [3.8, 4) is 0 Å². The second-order valence-electron chi connectivity index (χ2n) is 3.88. The van der Waals surface area contributed by atoms with Crippen molar-refractivity contribution in [2.45, 2.75) is 37.8 Å². The standard InChI is InChI=1S/C9H12N2OS/c12-8-5-13-9-10-6-3-1-2-4-7(6)11(8)9/h6-7H,1-5H2. The van der Waals surface area contributed by atoms with Gasteiger partial charge in [-0.2, -0.15) is 0 Å². The minimum Gasteiger partial charge on any atom is -0.286 e. The molecule has 3 nitrogen and oxygen atoms in total. The number of rotatable bonds is 0. The topological polar surface area (TPSA) is 32.7 Å². The average Bonchev–Trinajstić information content (AvgIpc) is 2.66. The van der Waals surface area contributed by atoms with Crippen LogP contribution in [0.1, 0.15) is 25.7 Å². The molecule has 4 heteroatoms. The van der Waals surface area contributed by atoms with Crippen molar-refractivity contribution < 1.29 is 4.79 Å². The molecule has 1 saturated heterocycles. The highest BCUT2D eigenvalue weighted by Crippen LogP contribution is 2.37. The normalized spacial score (nSPS) is 37.4. The average molecular weight is 196 g/mol. The highest BCUT2D eigenvalue weighted by Gasteiger charge is 2.44. The number of fused-ring (bicyclic) bond motifs is 3. The third-order valence-corrected chi connectivity index (χ3v) is 4.05. The van der Waals surface area contributed by atoms with Crippen LogP contribution in [0.25, 0.3) is 0 Å². The summed E-state index contributed by atoms with van der Waals surface area (Å²) in [5.41, 5.74) is 0. The number of hydrogen-bond donors (Lipinski definition) is 0. The van der Waals surface area contributed by atoms with Crippen LogP contribution in [0.15, 0.2) is 4.99 Å². The monoisotopic (exact) mass is 196 g/mol. The predicted octanol–water partition coefficient (Wildman–Crippen LogP) is 1.24. The molecule has 2 fully saturated rings. The van der Waals surface area contributed by atoms with E-state index in [4.69, 9.17) is 0 Å². The lowest BCUT2D eigenvalue weighted by Crippen LogP contribution is -2.41. The SMILES string of the molecule is O=C1CSC2=NC3CCCCC3N12. The Bertz CT molecular complexity index is 289. The molecule has 13 heavy (non-hydrogen) atoms. The number of carbonyl (C=O) groups is 1. The Morgan fingerprint density at radius 1 is 1.38 bits per heavy atom. The summed E-state index contributed by atoms with van der Waals surface area (Å²) in [6.07, 6.45) is 4.88. The number of carbonyl (C=O) groups excluding carboxylic acids is 1. The molecule has 2 heterocycles. The number of aliphatic imine (C=N–C) groups is 1. The molecule has 2 aliphatic heterocycles. The van der Waals surface area contributed by atoms with Gasteiger partial charge >= 0.3 is 0 Å². The van der Waals surface area contributed by atoms with E-state index in [1.54, 1.807) is 11.8 Å². The summed E-state index contributed by atoms with van der Waals surface area (Å²) in [7, 11) is 0. The molecular weight excluding hydrogens is 184 g/mol. The first kappa shape index (κ1) is 7.85. The molecular formula is C9H12N2OS. The quantitative estimate of drug-likeness (QED) is 0.584. The molecule has 3 aliphatic rings. The maximum atomic E-state index is 11.5. The summed E-state index contributed by atoms with van der Waals surface area (Å²) < 4.78 is 0. The van der Waals surface area contributed by atoms with Gasteiger partial charge in [0.1, 0.15) is 0 Å². The van der Waals surface area contributed by atoms with Gasteiger partial charge in [0.25, 0.3) is 0 Å². The van der Waals surface area contributed by atoms with Gasteiger partial charge in [-0.25, -0.2) is 0 Å². The third-order valence-electron chi connectivity index (χ3n) is 3.10. The van der Waals surface area contributed by atoms with Crippen LogP contribution in [0, 0.1) is 0 Å². The Labute approximate surface area is 81.6 Å². The third kappa shape index (κ3) is 1.04. The fourth-order valence-electron chi connectivity index (χ4n) is 2.48. The van der Waals surface area contributed by atoms with E-state index >= 15 is 0 Å². The van der Waals surface area contributed by atoms with Crippen LogP contribution in [0.5, 0.6) is 0 Å². The van der Waals surface area contributed by atoms with Gasteiger partial charge in [-0.1, -0.05) is 24.6 Å². The first-order valence-corrected chi connectivity index (χ1v) is 5.87. The molecule has 70 valence electrons. The maximum absolute atomic E-state index is 11.5. The van der Waals surface area contributed by atoms with E-state index in [-0.39, 0.29) is 5.91 Å². The molecule has 1 amide bonds. The number of thioether (sulfide) groups is 1. The van der Waals surface area contributed by atoms with Gasteiger partial charge in [-0.05, 0) is 12.8 Å². The van der Waals surface area contributed by atoms with Gasteiger partial charge in [-0.15, -0.1) is 0 Å². The molecule has 3 rings (SSSR count). The zero-order chi connectivity index (χ0) is 8.84. The van der Waals surface area contributed by atoms with Gasteiger partial charge in [0.05, 0.1) is 17.8 Å². The predicted molar refractivity (Wildman–Crippen MR) is 52.8 cm³/mol. The maximum Gasteiger partial charge on any atom is 0.239 e. The summed E-state index contributed by atoms with van der Waals surface area (Å²) in [4.78, 5) is 18.1. The second-order valence-corrected chi connectivity index (χ2v) is 4.83. The van der Waals surface area contributed by atoms with Crippen molar-refractivity contribution in [1.82, 2.24) is 4.90 Å². The molecule has 2 atom stereocenters. The van der Waals surface area contributed by atoms with E-state index < -0.39 is 0 Å². The lowest BCUT2D eigenvalue weighted by molar-refractivity contribution is -0.125. The molecule has 0 bridgehead atoms. The van der Waals surface area contributed by atoms with Crippen molar-refractivity contribution in [3.63, 3.8) is 0 Å². The number of hydrogen-bond acceptors (Lipinski definition) is 3. The Balaban J connectivity index is 1.92. The van der Waals surface area contributed by atoms with Gasteiger partial charge in [0.15, 0.2) is 5.17 Å². The molecule has 1 aliphatic carbocycles. The Hall–Kier alpha value is -0.510. The van der Waals surface area contributed by atoms with Crippen molar-refractivity contribution in [2.24, 2.45) is 4.99 Å². The Morgan fingerprint density at radius 3 is 3.15 bits per heavy atom. The fourth-order valence-corrected chi connectivity index (χ4v) is 3.46.